The molecule has 0 aromatic heterocycles. The van der Waals surface area contributed by atoms with E-state index >= 15 is 0 Å². The van der Waals surface area contributed by atoms with Crippen molar-refractivity contribution >= 4 is 25.5 Å². The highest BCUT2D eigenvalue weighted by atomic mass is 32.1. The maximum Gasteiger partial charge on any atom is 0.192 e. The minimum atomic E-state index is -1.88. The molecule has 0 aliphatic carbocycles. The first-order valence-electron chi connectivity index (χ1n) is 10.9. The lowest BCUT2D eigenvalue weighted by Crippen LogP contribution is -2.47. The average molecular weight is 458 g/mol. The fraction of sp³-hybridized carbons (Fsp3) is 0.480. The lowest BCUT2D eigenvalue weighted by atomic mass is 10.1. The van der Waals surface area contributed by atoms with Gasteiger partial charge < -0.3 is 19.2 Å². The number of hydrogen-bond acceptors (Lipinski definition) is 4. The Labute approximate surface area is 193 Å². The maximum atomic E-state index is 6.50. The van der Waals surface area contributed by atoms with Crippen molar-refractivity contribution in [2.24, 2.45) is 0 Å². The molecule has 0 saturated carbocycles. The average Bonchev–Trinajstić information content (AvgIpc) is 3.04. The molecule has 3 unspecified atom stereocenters. The van der Waals surface area contributed by atoms with Crippen LogP contribution in [0.2, 0.25) is 18.1 Å². The molecular weight excluding hydrogens is 422 g/mol. The monoisotopic (exact) mass is 457 g/mol. The van der Waals surface area contributed by atoms with Gasteiger partial charge in [-0.25, -0.2) is 0 Å². The van der Waals surface area contributed by atoms with E-state index in [0.717, 1.165) is 11.1 Å². The standard InChI is InChI=1S/C25H35NO3SSi/c1-25(2,3)31(4,5)29-18-21-22(27-16-19-12-8-6-9-13-19)23(24(30)26-21)28-17-20-14-10-7-11-15-20/h6-15,21-23H,16-18H2,1-5H3,(H,26,30). The molecule has 1 saturated heterocycles. The van der Waals surface area contributed by atoms with Crippen LogP contribution in [0.1, 0.15) is 31.9 Å². The predicted octanol–water partition coefficient (Wildman–Crippen LogP) is 5.48. The summed E-state index contributed by atoms with van der Waals surface area (Å²) in [4.78, 5) is 0.692. The van der Waals surface area contributed by atoms with E-state index in [1.807, 2.05) is 36.4 Å². The van der Waals surface area contributed by atoms with Gasteiger partial charge in [-0.05, 0) is 29.3 Å². The fourth-order valence-corrected chi connectivity index (χ4v) is 4.64. The Morgan fingerprint density at radius 1 is 0.871 bits per heavy atom. The Morgan fingerprint density at radius 3 is 1.90 bits per heavy atom. The summed E-state index contributed by atoms with van der Waals surface area (Å²) in [6, 6.07) is 20.3. The van der Waals surface area contributed by atoms with Gasteiger partial charge in [-0.1, -0.05) is 93.7 Å². The number of ether oxygens (including phenoxy) is 2. The smallest absolute Gasteiger partial charge is 0.192 e. The van der Waals surface area contributed by atoms with Crippen LogP contribution < -0.4 is 5.32 Å². The van der Waals surface area contributed by atoms with Gasteiger partial charge in [0, 0.05) is 0 Å². The molecule has 4 nitrogen and oxygen atoms in total. The van der Waals surface area contributed by atoms with Crippen LogP contribution >= 0.6 is 12.2 Å². The summed E-state index contributed by atoms with van der Waals surface area (Å²) in [6.45, 7) is 12.9. The van der Waals surface area contributed by atoms with Gasteiger partial charge in [0.05, 0.1) is 25.9 Å². The zero-order chi connectivity index (χ0) is 22.5. The molecule has 6 heteroatoms. The second-order valence-electron chi connectivity index (χ2n) is 9.66. The van der Waals surface area contributed by atoms with E-state index in [2.05, 4.69) is 63.4 Å². The van der Waals surface area contributed by atoms with Crippen molar-refractivity contribution in [2.45, 2.75) is 70.4 Å². The third-order valence-corrected chi connectivity index (χ3v) is 11.1. The van der Waals surface area contributed by atoms with Crippen LogP contribution in [-0.2, 0) is 27.1 Å². The fourth-order valence-electron chi connectivity index (χ4n) is 3.26. The van der Waals surface area contributed by atoms with E-state index in [9.17, 15) is 0 Å². The minimum absolute atomic E-state index is 0.0360. The number of thiocarbonyl (C=S) groups is 1. The molecule has 0 spiro atoms. The first-order valence-corrected chi connectivity index (χ1v) is 14.2. The molecule has 31 heavy (non-hydrogen) atoms. The summed E-state index contributed by atoms with van der Waals surface area (Å²) in [5.41, 5.74) is 2.25. The van der Waals surface area contributed by atoms with Crippen molar-refractivity contribution in [3.05, 3.63) is 71.8 Å². The highest BCUT2D eigenvalue weighted by Gasteiger charge is 2.44. The molecule has 1 N–H and O–H groups in total. The zero-order valence-corrected chi connectivity index (χ0v) is 21.1. The quantitative estimate of drug-likeness (QED) is 0.399. The van der Waals surface area contributed by atoms with Gasteiger partial charge >= 0.3 is 0 Å². The van der Waals surface area contributed by atoms with Crippen molar-refractivity contribution in [1.29, 1.82) is 0 Å². The molecule has 1 heterocycles. The number of rotatable bonds is 9. The highest BCUT2D eigenvalue weighted by molar-refractivity contribution is 7.80. The summed E-state index contributed by atoms with van der Waals surface area (Å²) in [5.74, 6) is 0. The second kappa shape index (κ2) is 10.4. The van der Waals surface area contributed by atoms with Crippen LogP contribution in [0.15, 0.2) is 60.7 Å². The lowest BCUT2D eigenvalue weighted by Gasteiger charge is -2.37. The van der Waals surface area contributed by atoms with Crippen LogP contribution in [0.5, 0.6) is 0 Å². The predicted molar refractivity (Wildman–Crippen MR) is 133 cm³/mol. The summed E-state index contributed by atoms with van der Waals surface area (Å²) in [6.07, 6.45) is -0.506. The van der Waals surface area contributed by atoms with Crippen molar-refractivity contribution in [1.82, 2.24) is 5.32 Å². The third-order valence-electron chi connectivity index (χ3n) is 6.27. The summed E-state index contributed by atoms with van der Waals surface area (Å²) >= 11 is 5.66. The molecule has 0 radical (unpaired) electrons. The molecule has 1 aliphatic heterocycles. The number of benzene rings is 2. The van der Waals surface area contributed by atoms with E-state index in [1.54, 1.807) is 0 Å². The van der Waals surface area contributed by atoms with Gasteiger partial charge in [0.2, 0.25) is 0 Å². The Morgan fingerprint density at radius 2 is 1.39 bits per heavy atom. The summed E-state index contributed by atoms with van der Waals surface area (Å²) < 4.78 is 19.1. The van der Waals surface area contributed by atoms with E-state index in [0.29, 0.717) is 24.8 Å². The molecular formula is C25H35NO3SSi. The van der Waals surface area contributed by atoms with Crippen LogP contribution in [-0.4, -0.2) is 38.2 Å². The van der Waals surface area contributed by atoms with Gasteiger partial charge in [-0.2, -0.15) is 0 Å². The van der Waals surface area contributed by atoms with Crippen LogP contribution in [0.25, 0.3) is 0 Å². The van der Waals surface area contributed by atoms with Gasteiger partial charge in [0.15, 0.2) is 8.32 Å². The molecule has 2 aromatic rings. The molecule has 1 aliphatic rings. The SMILES string of the molecule is CC(C)(C)[Si](C)(C)OCC1NC(=S)C(OCc2ccccc2)C1OCc1ccccc1. The van der Waals surface area contributed by atoms with Crippen molar-refractivity contribution in [3.8, 4) is 0 Å². The van der Waals surface area contributed by atoms with Crippen LogP contribution in [0, 0.1) is 0 Å². The summed E-state index contributed by atoms with van der Waals surface area (Å²) in [5, 5.41) is 3.58. The molecule has 3 atom stereocenters. The van der Waals surface area contributed by atoms with E-state index in [4.69, 9.17) is 26.1 Å². The van der Waals surface area contributed by atoms with E-state index in [-0.39, 0.29) is 23.3 Å². The molecule has 0 amide bonds. The van der Waals surface area contributed by atoms with Gasteiger partial charge in [0.25, 0.3) is 0 Å². The Kier molecular flexibility index (Phi) is 8.05. The first kappa shape index (κ1) is 24.1. The number of hydrogen-bond donors (Lipinski definition) is 1. The van der Waals surface area contributed by atoms with Crippen molar-refractivity contribution in [2.75, 3.05) is 6.61 Å². The largest absolute Gasteiger partial charge is 0.415 e. The van der Waals surface area contributed by atoms with Crippen LogP contribution in [0.3, 0.4) is 0 Å². The third kappa shape index (κ3) is 6.46. The van der Waals surface area contributed by atoms with Crippen LogP contribution in [0.4, 0.5) is 0 Å². The lowest BCUT2D eigenvalue weighted by molar-refractivity contribution is -0.0610. The minimum Gasteiger partial charge on any atom is -0.415 e. The van der Waals surface area contributed by atoms with Gasteiger partial charge in [-0.15, -0.1) is 0 Å². The van der Waals surface area contributed by atoms with E-state index in [1.165, 1.54) is 0 Å². The summed E-state index contributed by atoms with van der Waals surface area (Å²) in [7, 11) is -1.88. The Bertz CT molecular complexity index is 839. The van der Waals surface area contributed by atoms with Crippen molar-refractivity contribution in [3.63, 3.8) is 0 Å². The zero-order valence-electron chi connectivity index (χ0n) is 19.3. The Balaban J connectivity index is 1.70. The topological polar surface area (TPSA) is 39.7 Å². The molecule has 3 rings (SSSR count). The highest BCUT2D eigenvalue weighted by Crippen LogP contribution is 2.37. The van der Waals surface area contributed by atoms with Crippen molar-refractivity contribution < 1.29 is 13.9 Å². The van der Waals surface area contributed by atoms with Gasteiger partial charge in [-0.3, -0.25) is 0 Å². The van der Waals surface area contributed by atoms with Gasteiger partial charge in [0.1, 0.15) is 17.2 Å². The first-order chi connectivity index (χ1) is 14.7. The Hall–Kier alpha value is -1.57. The maximum absolute atomic E-state index is 6.50. The normalized spacial score (nSPS) is 21.8. The number of nitrogens with one attached hydrogen (secondary N) is 1. The molecule has 1 fully saturated rings. The molecule has 0 bridgehead atoms. The molecule has 2 aromatic carbocycles. The second-order valence-corrected chi connectivity index (χ2v) is 14.9. The van der Waals surface area contributed by atoms with E-state index < -0.39 is 8.32 Å². The molecule has 168 valence electrons.